The van der Waals surface area contributed by atoms with E-state index in [1.807, 2.05) is 43.1 Å². The molecule has 1 amide bonds. The molecule has 1 fully saturated rings. The van der Waals surface area contributed by atoms with Crippen LogP contribution in [0.2, 0.25) is 0 Å². The van der Waals surface area contributed by atoms with Gasteiger partial charge in [-0.3, -0.25) is 19.5 Å². The predicted octanol–water partition coefficient (Wildman–Crippen LogP) is 5.91. The smallest absolute Gasteiger partial charge is 0.237 e. The molecule has 0 unspecified atom stereocenters. The van der Waals surface area contributed by atoms with Gasteiger partial charge in [0.25, 0.3) is 0 Å². The number of nitrogens with zero attached hydrogens (tertiary/aromatic N) is 2. The molecule has 2 aliphatic rings. The first kappa shape index (κ1) is 28.7. The number of pyridine rings is 1. The van der Waals surface area contributed by atoms with E-state index in [2.05, 4.69) is 28.5 Å². The summed E-state index contributed by atoms with van der Waals surface area (Å²) in [5.74, 6) is 0.203. The van der Waals surface area contributed by atoms with Crippen LogP contribution in [-0.2, 0) is 17.8 Å². The van der Waals surface area contributed by atoms with Crippen LogP contribution in [0.25, 0.3) is 5.57 Å². The fourth-order valence-electron chi connectivity index (χ4n) is 6.08. The molecule has 2 heterocycles. The number of rotatable bonds is 10. The number of hydrogen-bond donors (Lipinski definition) is 1. The van der Waals surface area contributed by atoms with Gasteiger partial charge >= 0.3 is 0 Å². The van der Waals surface area contributed by atoms with Crippen LogP contribution in [0.3, 0.4) is 0 Å². The maximum Gasteiger partial charge on any atom is 0.237 e. The molecule has 1 aromatic heterocycles. The van der Waals surface area contributed by atoms with E-state index in [0.29, 0.717) is 42.8 Å². The zero-order valence-electron chi connectivity index (χ0n) is 24.1. The van der Waals surface area contributed by atoms with E-state index in [1.54, 1.807) is 12.1 Å². The number of likely N-dealkylation sites (tertiary alicyclic amines) is 1. The Morgan fingerprint density at radius 1 is 1.15 bits per heavy atom. The number of halogens is 1. The second-order valence-electron chi connectivity index (χ2n) is 11.1. The molecule has 1 N–H and O–H groups in total. The quantitative estimate of drug-likeness (QED) is 0.315. The number of benzene rings is 2. The van der Waals surface area contributed by atoms with Crippen molar-refractivity contribution in [1.29, 1.82) is 0 Å². The van der Waals surface area contributed by atoms with Crippen LogP contribution < -0.4 is 10.1 Å². The molecule has 1 saturated heterocycles. The molecule has 1 aliphatic heterocycles. The Balaban J connectivity index is 1.33. The van der Waals surface area contributed by atoms with Gasteiger partial charge in [0.2, 0.25) is 5.91 Å². The number of nitrogens with one attached hydrogen (secondary N) is 1. The van der Waals surface area contributed by atoms with Crippen LogP contribution in [-0.4, -0.2) is 47.8 Å². The number of fused-ring (bicyclic) bond motifs is 1. The third kappa shape index (κ3) is 6.41. The third-order valence-corrected chi connectivity index (χ3v) is 8.22. The lowest BCUT2D eigenvalue weighted by Gasteiger charge is -2.39. The summed E-state index contributed by atoms with van der Waals surface area (Å²) >= 11 is 0. The molecule has 7 heteroatoms. The normalized spacial score (nSPS) is 18.5. The summed E-state index contributed by atoms with van der Waals surface area (Å²) < 4.78 is 20.3. The maximum absolute atomic E-state index is 14.9. The first-order valence-corrected chi connectivity index (χ1v) is 14.5. The minimum absolute atomic E-state index is 0.0452. The lowest BCUT2D eigenvalue weighted by molar-refractivity contribution is -0.128. The van der Waals surface area contributed by atoms with Crippen LogP contribution in [0, 0.1) is 18.7 Å². The van der Waals surface area contributed by atoms with Gasteiger partial charge < -0.3 is 10.1 Å². The summed E-state index contributed by atoms with van der Waals surface area (Å²) in [6.07, 6.45) is 7.47. The van der Waals surface area contributed by atoms with E-state index in [1.165, 1.54) is 18.7 Å². The molecule has 1 aliphatic carbocycles. The van der Waals surface area contributed by atoms with Crippen LogP contribution in [0.1, 0.15) is 70.9 Å². The van der Waals surface area contributed by atoms with Gasteiger partial charge in [-0.1, -0.05) is 31.2 Å². The van der Waals surface area contributed by atoms with Gasteiger partial charge in [0, 0.05) is 49.1 Å². The highest BCUT2D eigenvalue weighted by Gasteiger charge is 2.35. The number of allylic oxidation sites excluding steroid dienone is 1. The lowest BCUT2D eigenvalue weighted by atomic mass is 9.86. The summed E-state index contributed by atoms with van der Waals surface area (Å²) in [5.41, 5.74) is 6.66. The van der Waals surface area contributed by atoms with Gasteiger partial charge in [0.05, 0.1) is 13.2 Å². The fourth-order valence-corrected chi connectivity index (χ4v) is 6.08. The first-order chi connectivity index (χ1) is 19.9. The number of methoxy groups -OCH3 is 1. The Morgan fingerprint density at radius 2 is 2.00 bits per heavy atom. The number of carbonyl (C=O) groups is 2. The number of aryl methyl sites for hydroxylation is 1. The van der Waals surface area contributed by atoms with E-state index < -0.39 is 0 Å². The molecule has 214 valence electrons. The Labute approximate surface area is 241 Å². The number of hydrogen-bond acceptors (Lipinski definition) is 5. The third-order valence-electron chi connectivity index (χ3n) is 8.22. The summed E-state index contributed by atoms with van der Waals surface area (Å²) in [6.45, 7) is 5.36. The van der Waals surface area contributed by atoms with E-state index in [0.717, 1.165) is 41.7 Å². The first-order valence-electron chi connectivity index (χ1n) is 14.5. The molecule has 41 heavy (non-hydrogen) atoms. The van der Waals surface area contributed by atoms with Gasteiger partial charge in [0.15, 0.2) is 5.78 Å². The molecule has 0 saturated carbocycles. The maximum atomic E-state index is 14.9. The average molecular weight is 556 g/mol. The largest absolute Gasteiger partial charge is 0.496 e. The Hall–Kier alpha value is -3.84. The average Bonchev–Trinajstić information content (AvgIpc) is 3.40. The van der Waals surface area contributed by atoms with Crippen molar-refractivity contribution < 1.29 is 18.7 Å². The minimum Gasteiger partial charge on any atom is -0.496 e. The molecule has 2 aromatic carbocycles. The van der Waals surface area contributed by atoms with Crippen molar-refractivity contribution in [2.75, 3.05) is 20.2 Å². The number of aromatic nitrogens is 1. The van der Waals surface area contributed by atoms with E-state index >= 15 is 0 Å². The van der Waals surface area contributed by atoms with Crippen molar-refractivity contribution >= 4 is 17.3 Å². The van der Waals surface area contributed by atoms with Crippen molar-refractivity contribution in [3.63, 3.8) is 0 Å². The zero-order valence-corrected chi connectivity index (χ0v) is 24.1. The van der Waals surface area contributed by atoms with Crippen LogP contribution in [0.5, 0.6) is 5.75 Å². The Kier molecular flexibility index (Phi) is 8.93. The molecular weight excluding hydrogens is 517 g/mol. The number of ether oxygens (including phenoxy) is 1. The van der Waals surface area contributed by atoms with E-state index in [-0.39, 0.29) is 36.0 Å². The topological polar surface area (TPSA) is 71.5 Å². The van der Waals surface area contributed by atoms with Crippen LogP contribution >= 0.6 is 0 Å². The highest BCUT2D eigenvalue weighted by Crippen LogP contribution is 2.35. The number of Topliss-reactive ketones (excluding diaryl/α,β-unsaturated/α-hetero) is 1. The van der Waals surface area contributed by atoms with Gasteiger partial charge in [0.1, 0.15) is 11.6 Å². The molecule has 3 aromatic rings. The second-order valence-corrected chi connectivity index (χ2v) is 11.1. The number of ketones is 1. The molecule has 0 radical (unpaired) electrons. The van der Waals surface area contributed by atoms with Gasteiger partial charge in [-0.15, -0.1) is 0 Å². The second kappa shape index (κ2) is 12.8. The summed E-state index contributed by atoms with van der Waals surface area (Å²) in [7, 11) is 1.52. The Bertz CT molecular complexity index is 1470. The SMILES string of the molecule is CCCNC(=O)[C@@H]1CC[C@@H](CC(=O)c2ccc3c(c2)C(c2ccnc(C)c2)=CC3)CN1Cc1c(F)cccc1OC. The van der Waals surface area contributed by atoms with Crippen molar-refractivity contribution in [2.45, 2.75) is 58.5 Å². The lowest BCUT2D eigenvalue weighted by Crippen LogP contribution is -2.51. The van der Waals surface area contributed by atoms with Crippen molar-refractivity contribution in [3.8, 4) is 5.75 Å². The minimum atomic E-state index is -0.381. The number of carbonyl (C=O) groups excluding carboxylic acids is 2. The van der Waals surface area contributed by atoms with Crippen LogP contribution in [0.15, 0.2) is 60.8 Å². The van der Waals surface area contributed by atoms with Gasteiger partial charge in [-0.05, 0) is 91.1 Å². The highest BCUT2D eigenvalue weighted by atomic mass is 19.1. The molecule has 2 atom stereocenters. The van der Waals surface area contributed by atoms with Gasteiger partial charge in [-0.25, -0.2) is 4.39 Å². The standard InChI is InChI=1S/C34H38FN3O3/c1-4-15-37-34(40)31-13-8-23(20-38(31)21-29-30(35)6-5-7-33(29)41-3)18-32(39)26-10-9-24-11-12-27(28(24)19-26)25-14-16-36-22(2)17-25/h5-7,9-10,12,14,16-17,19,23,31H,4,8,11,13,15,18,20-21H2,1-3H3,(H,37,40)/t23-,31-/m0/s1. The van der Waals surface area contributed by atoms with Crippen molar-refractivity contribution in [1.82, 2.24) is 15.2 Å². The van der Waals surface area contributed by atoms with Gasteiger partial charge in [-0.2, -0.15) is 0 Å². The highest BCUT2D eigenvalue weighted by molar-refractivity contribution is 5.98. The molecular formula is C34H38FN3O3. The molecule has 5 rings (SSSR count). The van der Waals surface area contributed by atoms with E-state index in [4.69, 9.17) is 4.74 Å². The summed E-state index contributed by atoms with van der Waals surface area (Å²) in [5, 5.41) is 3.01. The van der Waals surface area contributed by atoms with E-state index in [9.17, 15) is 14.0 Å². The van der Waals surface area contributed by atoms with Crippen molar-refractivity contribution in [3.05, 3.63) is 100 Å². The molecule has 0 bridgehead atoms. The predicted molar refractivity (Wildman–Crippen MR) is 158 cm³/mol. The zero-order chi connectivity index (χ0) is 28.9. The number of piperidine rings is 1. The molecule has 0 spiro atoms. The molecule has 6 nitrogen and oxygen atoms in total. The fraction of sp³-hybridized carbons (Fsp3) is 0.382. The summed E-state index contributed by atoms with van der Waals surface area (Å²) in [4.78, 5) is 33.0. The Morgan fingerprint density at radius 3 is 2.78 bits per heavy atom. The monoisotopic (exact) mass is 555 g/mol. The van der Waals surface area contributed by atoms with Crippen LogP contribution in [0.4, 0.5) is 4.39 Å². The number of amides is 1. The van der Waals surface area contributed by atoms with Crippen molar-refractivity contribution in [2.24, 2.45) is 5.92 Å². The summed E-state index contributed by atoms with van der Waals surface area (Å²) in [6, 6.07) is 14.5.